The number of aromatic nitrogens is 2. The van der Waals surface area contributed by atoms with Gasteiger partial charge in [-0.3, -0.25) is 0 Å². The topological polar surface area (TPSA) is 93.5 Å². The monoisotopic (exact) mass is 308 g/mol. The van der Waals surface area contributed by atoms with Crippen LogP contribution in [0.5, 0.6) is 5.75 Å². The first-order valence-electron chi connectivity index (χ1n) is 6.83. The van der Waals surface area contributed by atoms with Crippen LogP contribution in [0.2, 0.25) is 0 Å². The van der Waals surface area contributed by atoms with Gasteiger partial charge in [-0.1, -0.05) is 6.07 Å². The maximum absolute atomic E-state index is 11.1. The third-order valence-electron chi connectivity index (χ3n) is 3.41. The summed E-state index contributed by atoms with van der Waals surface area (Å²) in [5.74, 6) is -0.244. The second-order valence-electron chi connectivity index (χ2n) is 4.95. The van der Waals surface area contributed by atoms with Gasteiger partial charge in [-0.2, -0.15) is 5.26 Å². The Kier molecular flexibility index (Phi) is 3.65. The molecule has 0 amide bonds. The second-order valence-corrected chi connectivity index (χ2v) is 4.95. The number of aryl methyl sites for hydroxylation is 1. The average Bonchev–Trinajstić information content (AvgIpc) is 2.91. The molecule has 23 heavy (non-hydrogen) atoms. The SMILES string of the molecule is Cc1ccc(OCc2cn3ccccc3c2C#N)c([N+](=O)[O-])n1. The van der Waals surface area contributed by atoms with Crippen molar-refractivity contribution in [1.82, 2.24) is 9.38 Å². The molecule has 7 nitrogen and oxygen atoms in total. The lowest BCUT2D eigenvalue weighted by Gasteiger charge is -2.05. The molecule has 3 heterocycles. The highest BCUT2D eigenvalue weighted by Gasteiger charge is 2.19. The minimum absolute atomic E-state index is 0.0517. The van der Waals surface area contributed by atoms with E-state index >= 15 is 0 Å². The molecule has 3 aromatic rings. The largest absolute Gasteiger partial charge is 0.481 e. The van der Waals surface area contributed by atoms with E-state index < -0.39 is 4.92 Å². The zero-order valence-corrected chi connectivity index (χ0v) is 12.3. The Balaban J connectivity index is 1.93. The van der Waals surface area contributed by atoms with E-state index in [9.17, 15) is 15.4 Å². The quantitative estimate of drug-likeness (QED) is 0.545. The standard InChI is InChI=1S/C16H12N4O3/c1-11-5-6-15(16(18-11)20(21)22)23-10-12-9-19-7-3-2-4-14(19)13(12)8-17/h2-7,9H,10H2,1H3. The third kappa shape index (κ3) is 2.70. The van der Waals surface area contributed by atoms with Gasteiger partial charge in [-0.15, -0.1) is 0 Å². The number of ether oxygens (including phenoxy) is 1. The first-order chi connectivity index (χ1) is 11.1. The maximum atomic E-state index is 11.1. The fourth-order valence-corrected chi connectivity index (χ4v) is 2.35. The number of fused-ring (bicyclic) bond motifs is 1. The lowest BCUT2D eigenvalue weighted by Crippen LogP contribution is -2.02. The van der Waals surface area contributed by atoms with Crippen LogP contribution in [0.4, 0.5) is 5.82 Å². The molecule has 0 fully saturated rings. The van der Waals surface area contributed by atoms with E-state index in [-0.39, 0.29) is 18.2 Å². The molecule has 0 aliphatic rings. The minimum atomic E-state index is -0.580. The smallest absolute Gasteiger partial charge is 0.406 e. The van der Waals surface area contributed by atoms with Crippen molar-refractivity contribution in [2.45, 2.75) is 13.5 Å². The summed E-state index contributed by atoms with van der Waals surface area (Å²) in [6.45, 7) is 1.72. The Hall–Kier alpha value is -3.40. The molecule has 0 aliphatic carbocycles. The van der Waals surface area contributed by atoms with E-state index in [0.29, 0.717) is 16.8 Å². The summed E-state index contributed by atoms with van der Waals surface area (Å²) in [5, 5.41) is 20.4. The van der Waals surface area contributed by atoms with Crippen molar-refractivity contribution in [3.8, 4) is 11.8 Å². The maximum Gasteiger partial charge on any atom is 0.406 e. The molecule has 0 aliphatic heterocycles. The summed E-state index contributed by atoms with van der Waals surface area (Å²) >= 11 is 0. The summed E-state index contributed by atoms with van der Waals surface area (Å²) in [4.78, 5) is 14.4. The third-order valence-corrected chi connectivity index (χ3v) is 3.41. The highest BCUT2D eigenvalue weighted by Crippen LogP contribution is 2.26. The van der Waals surface area contributed by atoms with Gasteiger partial charge in [0.15, 0.2) is 0 Å². The van der Waals surface area contributed by atoms with E-state index in [2.05, 4.69) is 11.1 Å². The summed E-state index contributed by atoms with van der Waals surface area (Å²) in [6.07, 6.45) is 3.61. The Morgan fingerprint density at radius 1 is 1.39 bits per heavy atom. The summed E-state index contributed by atoms with van der Waals surface area (Å²) < 4.78 is 7.36. The number of rotatable bonds is 4. The highest BCUT2D eigenvalue weighted by molar-refractivity contribution is 5.65. The van der Waals surface area contributed by atoms with Crippen molar-refractivity contribution >= 4 is 11.3 Å². The van der Waals surface area contributed by atoms with Gasteiger partial charge in [0, 0.05) is 24.9 Å². The van der Waals surface area contributed by atoms with Crippen molar-refractivity contribution in [3.63, 3.8) is 0 Å². The van der Waals surface area contributed by atoms with Gasteiger partial charge in [-0.05, 0) is 34.2 Å². The lowest BCUT2D eigenvalue weighted by atomic mass is 10.2. The van der Waals surface area contributed by atoms with Gasteiger partial charge in [0.1, 0.15) is 18.4 Å². The van der Waals surface area contributed by atoms with Crippen LogP contribution in [-0.4, -0.2) is 14.3 Å². The zero-order valence-electron chi connectivity index (χ0n) is 12.3. The van der Waals surface area contributed by atoms with E-state index in [4.69, 9.17) is 4.74 Å². The van der Waals surface area contributed by atoms with E-state index in [1.807, 2.05) is 28.8 Å². The van der Waals surface area contributed by atoms with E-state index in [1.165, 1.54) is 6.07 Å². The molecule has 0 saturated carbocycles. The van der Waals surface area contributed by atoms with Crippen LogP contribution < -0.4 is 4.74 Å². The summed E-state index contributed by atoms with van der Waals surface area (Å²) in [7, 11) is 0. The van der Waals surface area contributed by atoms with Crippen LogP contribution in [0.15, 0.2) is 42.7 Å². The summed E-state index contributed by atoms with van der Waals surface area (Å²) in [6, 6.07) is 10.8. The first-order valence-corrected chi connectivity index (χ1v) is 6.83. The van der Waals surface area contributed by atoms with Crippen LogP contribution in [0.1, 0.15) is 16.8 Å². The van der Waals surface area contributed by atoms with Crippen LogP contribution in [0.25, 0.3) is 5.52 Å². The zero-order chi connectivity index (χ0) is 16.4. The minimum Gasteiger partial charge on any atom is -0.481 e. The van der Waals surface area contributed by atoms with Gasteiger partial charge < -0.3 is 19.3 Å². The van der Waals surface area contributed by atoms with Gasteiger partial charge in [0.05, 0.1) is 11.1 Å². The van der Waals surface area contributed by atoms with Crippen LogP contribution in [-0.2, 0) is 6.61 Å². The summed E-state index contributed by atoms with van der Waals surface area (Å²) in [5.41, 5.74) is 2.46. The van der Waals surface area contributed by atoms with Crippen molar-refractivity contribution in [2.24, 2.45) is 0 Å². The molecule has 114 valence electrons. The lowest BCUT2D eigenvalue weighted by molar-refractivity contribution is -0.390. The number of nitrogens with zero attached hydrogens (tertiary/aromatic N) is 4. The van der Waals surface area contributed by atoms with Gasteiger partial charge in [-0.25, -0.2) is 0 Å². The fourth-order valence-electron chi connectivity index (χ4n) is 2.35. The molecule has 3 rings (SSSR count). The molecule has 3 aromatic heterocycles. The Labute approximate surface area is 131 Å². The molecular formula is C16H12N4O3. The van der Waals surface area contributed by atoms with Crippen molar-refractivity contribution in [1.29, 1.82) is 5.26 Å². The number of hydrogen-bond acceptors (Lipinski definition) is 5. The van der Waals surface area contributed by atoms with Gasteiger partial charge in [0.25, 0.3) is 0 Å². The molecule has 0 spiro atoms. The molecule has 0 unspecified atom stereocenters. The normalized spacial score (nSPS) is 10.4. The molecule has 0 atom stereocenters. The van der Waals surface area contributed by atoms with E-state index in [0.717, 1.165) is 5.52 Å². The Morgan fingerprint density at radius 3 is 2.96 bits per heavy atom. The second kappa shape index (κ2) is 5.77. The molecule has 0 saturated heterocycles. The molecule has 0 N–H and O–H groups in total. The number of nitro groups is 1. The van der Waals surface area contributed by atoms with Crippen LogP contribution in [0, 0.1) is 28.4 Å². The average molecular weight is 308 g/mol. The number of pyridine rings is 2. The van der Waals surface area contributed by atoms with Crippen LogP contribution in [0.3, 0.4) is 0 Å². The molecule has 0 bridgehead atoms. The molecule has 0 radical (unpaired) electrons. The predicted molar refractivity (Wildman–Crippen MR) is 82.1 cm³/mol. The fraction of sp³-hybridized carbons (Fsp3) is 0.125. The Bertz CT molecular complexity index is 940. The molecular weight excluding hydrogens is 296 g/mol. The van der Waals surface area contributed by atoms with Gasteiger partial charge in [0.2, 0.25) is 5.75 Å². The first kappa shape index (κ1) is 14.5. The van der Waals surface area contributed by atoms with Crippen molar-refractivity contribution < 1.29 is 9.66 Å². The van der Waals surface area contributed by atoms with Crippen molar-refractivity contribution in [3.05, 3.63) is 69.7 Å². The number of hydrogen-bond donors (Lipinski definition) is 0. The predicted octanol–water partition coefficient (Wildman–Crippen LogP) is 3.00. The highest BCUT2D eigenvalue weighted by atomic mass is 16.6. The Morgan fingerprint density at radius 2 is 2.22 bits per heavy atom. The van der Waals surface area contributed by atoms with E-state index in [1.54, 1.807) is 19.2 Å². The van der Waals surface area contributed by atoms with Crippen molar-refractivity contribution in [2.75, 3.05) is 0 Å². The van der Waals surface area contributed by atoms with Gasteiger partial charge >= 0.3 is 5.82 Å². The number of nitriles is 1. The molecule has 0 aromatic carbocycles. The molecule has 7 heteroatoms. The van der Waals surface area contributed by atoms with Crippen LogP contribution >= 0.6 is 0 Å².